The third-order valence-corrected chi connectivity index (χ3v) is 6.02. The van der Waals surface area contributed by atoms with E-state index in [1.54, 1.807) is 20.4 Å². The molecule has 0 saturated heterocycles. The van der Waals surface area contributed by atoms with E-state index in [0.717, 1.165) is 33.9 Å². The minimum absolute atomic E-state index is 0.127. The van der Waals surface area contributed by atoms with E-state index >= 15 is 0 Å². The van der Waals surface area contributed by atoms with Crippen LogP contribution in [0.25, 0.3) is 17.1 Å². The molecule has 0 atom stereocenters. The van der Waals surface area contributed by atoms with Crippen molar-refractivity contribution in [1.82, 2.24) is 20.2 Å². The van der Waals surface area contributed by atoms with E-state index in [9.17, 15) is 4.79 Å². The first-order valence-corrected chi connectivity index (χ1v) is 11.8. The van der Waals surface area contributed by atoms with Crippen molar-refractivity contribution in [2.45, 2.75) is 12.1 Å². The van der Waals surface area contributed by atoms with Crippen LogP contribution in [0.3, 0.4) is 0 Å². The van der Waals surface area contributed by atoms with E-state index in [1.165, 1.54) is 11.8 Å². The number of hydrazone groups is 1. The largest absolute Gasteiger partial charge is 0.497 e. The molecule has 1 N–H and O–H groups in total. The Morgan fingerprint density at radius 1 is 1.00 bits per heavy atom. The number of ether oxygens (including phenoxy) is 2. The van der Waals surface area contributed by atoms with Crippen LogP contribution >= 0.6 is 11.8 Å². The molecule has 8 nitrogen and oxygen atoms in total. The van der Waals surface area contributed by atoms with Crippen LogP contribution in [-0.4, -0.2) is 46.9 Å². The van der Waals surface area contributed by atoms with Crippen molar-refractivity contribution in [1.29, 1.82) is 0 Å². The van der Waals surface area contributed by atoms with Gasteiger partial charge in [-0.15, -0.1) is 10.2 Å². The van der Waals surface area contributed by atoms with Gasteiger partial charge in [-0.3, -0.25) is 9.36 Å². The summed E-state index contributed by atoms with van der Waals surface area (Å²) < 4.78 is 12.5. The van der Waals surface area contributed by atoms with E-state index in [0.29, 0.717) is 11.0 Å². The molecule has 4 rings (SSSR count). The number of aromatic nitrogens is 3. The maximum atomic E-state index is 12.4. The number of aryl methyl sites for hydroxylation is 1. The van der Waals surface area contributed by atoms with Gasteiger partial charge in [-0.2, -0.15) is 5.10 Å². The molecule has 35 heavy (non-hydrogen) atoms. The van der Waals surface area contributed by atoms with Gasteiger partial charge in [0.25, 0.3) is 5.91 Å². The van der Waals surface area contributed by atoms with Crippen molar-refractivity contribution >= 4 is 23.9 Å². The first-order valence-electron chi connectivity index (χ1n) is 10.8. The molecule has 0 aliphatic carbocycles. The molecule has 1 amide bonds. The molecule has 4 aromatic rings. The number of carbonyl (C=O) groups is 1. The molecule has 9 heteroatoms. The highest BCUT2D eigenvalue weighted by molar-refractivity contribution is 7.99. The third-order valence-electron chi connectivity index (χ3n) is 5.09. The van der Waals surface area contributed by atoms with Crippen LogP contribution in [0.1, 0.15) is 11.1 Å². The highest BCUT2D eigenvalue weighted by atomic mass is 32.2. The van der Waals surface area contributed by atoms with Gasteiger partial charge < -0.3 is 9.47 Å². The lowest BCUT2D eigenvalue weighted by molar-refractivity contribution is -0.118. The minimum atomic E-state index is -0.241. The lowest BCUT2D eigenvalue weighted by Gasteiger charge is -2.11. The second kappa shape index (κ2) is 11.3. The number of hydrogen-bond donors (Lipinski definition) is 1. The fourth-order valence-corrected chi connectivity index (χ4v) is 4.09. The van der Waals surface area contributed by atoms with Crippen LogP contribution in [0.5, 0.6) is 11.5 Å². The molecular formula is C26H25N5O3S. The van der Waals surface area contributed by atoms with E-state index < -0.39 is 0 Å². The predicted molar refractivity (Wildman–Crippen MR) is 138 cm³/mol. The summed E-state index contributed by atoms with van der Waals surface area (Å²) in [5, 5.41) is 13.4. The number of benzene rings is 3. The molecule has 0 radical (unpaired) electrons. The van der Waals surface area contributed by atoms with Gasteiger partial charge in [0.2, 0.25) is 0 Å². The Bertz CT molecular complexity index is 1320. The monoisotopic (exact) mass is 487 g/mol. The molecule has 0 spiro atoms. The second-order valence-electron chi connectivity index (χ2n) is 7.56. The van der Waals surface area contributed by atoms with Crippen molar-refractivity contribution in [2.75, 3.05) is 20.0 Å². The summed E-state index contributed by atoms with van der Waals surface area (Å²) >= 11 is 1.28. The number of methoxy groups -OCH3 is 2. The first-order chi connectivity index (χ1) is 17.1. The summed E-state index contributed by atoms with van der Waals surface area (Å²) in [6.07, 6.45) is 1.62. The second-order valence-corrected chi connectivity index (χ2v) is 8.51. The Morgan fingerprint density at radius 2 is 1.69 bits per heavy atom. The van der Waals surface area contributed by atoms with E-state index in [1.807, 2.05) is 84.3 Å². The van der Waals surface area contributed by atoms with E-state index in [-0.39, 0.29) is 11.7 Å². The topological polar surface area (TPSA) is 90.6 Å². The Kier molecular flexibility index (Phi) is 7.79. The van der Waals surface area contributed by atoms with Crippen LogP contribution in [0.4, 0.5) is 0 Å². The van der Waals surface area contributed by atoms with Crippen LogP contribution in [-0.2, 0) is 4.79 Å². The van der Waals surface area contributed by atoms with Crippen LogP contribution in [0.2, 0.25) is 0 Å². The highest BCUT2D eigenvalue weighted by Gasteiger charge is 2.17. The maximum Gasteiger partial charge on any atom is 0.250 e. The molecule has 0 unspecified atom stereocenters. The number of rotatable bonds is 9. The number of nitrogens with one attached hydrogen (secondary N) is 1. The third kappa shape index (κ3) is 6.07. The Labute approximate surface area is 208 Å². The smallest absolute Gasteiger partial charge is 0.250 e. The van der Waals surface area contributed by atoms with E-state index in [4.69, 9.17) is 9.47 Å². The van der Waals surface area contributed by atoms with Gasteiger partial charge in [0.15, 0.2) is 11.0 Å². The normalized spacial score (nSPS) is 10.9. The average molecular weight is 488 g/mol. The molecule has 1 heterocycles. The quantitative estimate of drug-likeness (QED) is 0.212. The van der Waals surface area contributed by atoms with Gasteiger partial charge in [-0.25, -0.2) is 5.43 Å². The summed E-state index contributed by atoms with van der Waals surface area (Å²) in [6, 6.07) is 23.0. The van der Waals surface area contributed by atoms with Crippen molar-refractivity contribution in [2.24, 2.45) is 5.10 Å². The zero-order valence-electron chi connectivity index (χ0n) is 19.6. The molecule has 0 fully saturated rings. The molecule has 3 aromatic carbocycles. The summed E-state index contributed by atoms with van der Waals surface area (Å²) in [5.41, 5.74) is 6.33. The van der Waals surface area contributed by atoms with Crippen molar-refractivity contribution < 1.29 is 14.3 Å². The molecule has 1 aromatic heterocycles. The van der Waals surface area contributed by atoms with Crippen molar-refractivity contribution in [3.8, 4) is 28.6 Å². The van der Waals surface area contributed by atoms with Crippen molar-refractivity contribution in [3.63, 3.8) is 0 Å². The van der Waals surface area contributed by atoms with E-state index in [2.05, 4.69) is 20.7 Å². The number of thioether (sulfide) groups is 1. The minimum Gasteiger partial charge on any atom is -0.497 e. The molecule has 178 valence electrons. The van der Waals surface area contributed by atoms with Gasteiger partial charge in [0.1, 0.15) is 11.5 Å². The first kappa shape index (κ1) is 24.0. The van der Waals surface area contributed by atoms with Gasteiger partial charge in [0.05, 0.1) is 26.2 Å². The molecule has 0 saturated carbocycles. The number of amides is 1. The van der Waals surface area contributed by atoms with Gasteiger partial charge >= 0.3 is 0 Å². The summed E-state index contributed by atoms with van der Waals surface area (Å²) in [5.74, 6) is 2.03. The summed E-state index contributed by atoms with van der Waals surface area (Å²) in [6.45, 7) is 2.01. The van der Waals surface area contributed by atoms with Crippen LogP contribution < -0.4 is 14.9 Å². The molecule has 0 aliphatic heterocycles. The Balaban J connectivity index is 1.53. The summed E-state index contributed by atoms with van der Waals surface area (Å²) in [7, 11) is 3.25. The Morgan fingerprint density at radius 3 is 2.34 bits per heavy atom. The van der Waals surface area contributed by atoms with Crippen molar-refractivity contribution in [3.05, 3.63) is 83.9 Å². The number of hydrogen-bond acceptors (Lipinski definition) is 7. The number of nitrogens with zero attached hydrogens (tertiary/aromatic N) is 4. The lowest BCUT2D eigenvalue weighted by Crippen LogP contribution is -2.20. The highest BCUT2D eigenvalue weighted by Crippen LogP contribution is 2.29. The van der Waals surface area contributed by atoms with Gasteiger partial charge in [-0.05, 0) is 61.0 Å². The molecular weight excluding hydrogens is 462 g/mol. The summed E-state index contributed by atoms with van der Waals surface area (Å²) in [4.78, 5) is 12.4. The average Bonchev–Trinajstić information content (AvgIpc) is 3.31. The zero-order chi connectivity index (χ0) is 24.6. The number of carbonyl (C=O) groups excluding carboxylic acids is 1. The maximum absolute atomic E-state index is 12.4. The predicted octanol–water partition coefficient (Wildman–Crippen LogP) is 4.50. The van der Waals surface area contributed by atoms with Gasteiger partial charge in [-0.1, -0.05) is 41.6 Å². The standard InChI is InChI=1S/C26H25N5O3S/c1-18-5-4-6-19(15-18)16-27-28-24(32)17-35-26-30-29-25(20-7-11-22(33-2)12-8-20)31(26)21-9-13-23(34-3)14-10-21/h4-16H,17H2,1-3H3,(H,28,32)/b27-16-. The molecule has 0 aliphatic rings. The van der Waals surface area contributed by atoms with Crippen LogP contribution in [0.15, 0.2) is 83.1 Å². The SMILES string of the molecule is COc1ccc(-c2nnc(SCC(=O)N/N=C\c3cccc(C)c3)n2-c2ccc(OC)cc2)cc1. The molecule has 0 bridgehead atoms. The van der Waals surface area contributed by atoms with Crippen LogP contribution in [0, 0.1) is 6.92 Å². The Hall–Kier alpha value is -4.11. The lowest BCUT2D eigenvalue weighted by atomic mass is 10.2. The zero-order valence-corrected chi connectivity index (χ0v) is 20.5. The van der Waals surface area contributed by atoms with Gasteiger partial charge in [0, 0.05) is 11.3 Å². The fraction of sp³-hybridized carbons (Fsp3) is 0.154. The fourth-order valence-electron chi connectivity index (χ4n) is 3.35.